The van der Waals surface area contributed by atoms with Crippen molar-refractivity contribution in [3.05, 3.63) is 45.7 Å². The van der Waals surface area contributed by atoms with E-state index in [1.54, 1.807) is 12.1 Å². The zero-order chi connectivity index (χ0) is 12.0. The number of aryl methyl sites for hydroxylation is 1. The first-order valence-corrected chi connectivity index (χ1v) is 5.40. The molecule has 1 aliphatic carbocycles. The largest absolute Gasteiger partial charge is 0.512 e. The van der Waals surface area contributed by atoms with E-state index in [2.05, 4.69) is 0 Å². The van der Waals surface area contributed by atoms with Gasteiger partial charge in [0.05, 0.1) is 11.1 Å². The molecule has 1 heterocycles. The lowest BCUT2D eigenvalue weighted by Gasteiger charge is -2.13. The summed E-state index contributed by atoms with van der Waals surface area (Å²) in [5.74, 6) is 0.700. The average Bonchev–Trinajstić information content (AvgIpc) is 2.29. The number of aliphatic hydroxyl groups is 1. The van der Waals surface area contributed by atoms with E-state index in [1.807, 2.05) is 6.07 Å². The second-order valence-corrected chi connectivity index (χ2v) is 4.17. The van der Waals surface area contributed by atoms with Crippen molar-refractivity contribution in [2.45, 2.75) is 12.8 Å². The van der Waals surface area contributed by atoms with Crippen molar-refractivity contribution in [2.75, 3.05) is 5.73 Å². The lowest BCUT2D eigenvalue weighted by atomic mass is 9.96. The molecule has 2 aromatic rings. The van der Waals surface area contributed by atoms with Crippen LogP contribution < -0.4 is 11.4 Å². The Hall–Kier alpha value is -2.23. The molecule has 0 unspecified atom stereocenters. The Labute approximate surface area is 97.0 Å². The maximum absolute atomic E-state index is 11.8. The molecule has 0 spiro atoms. The smallest absolute Gasteiger partial charge is 0.344 e. The summed E-state index contributed by atoms with van der Waals surface area (Å²) in [6, 6.07) is 5.22. The van der Waals surface area contributed by atoms with E-state index >= 15 is 0 Å². The molecule has 0 saturated heterocycles. The van der Waals surface area contributed by atoms with Gasteiger partial charge in [-0.1, -0.05) is 6.07 Å². The fourth-order valence-electron chi connectivity index (χ4n) is 2.19. The number of benzene rings is 1. The molecule has 1 aromatic carbocycles. The van der Waals surface area contributed by atoms with Crippen molar-refractivity contribution in [1.82, 2.24) is 0 Å². The van der Waals surface area contributed by atoms with Crippen LogP contribution in [0.5, 0.6) is 0 Å². The summed E-state index contributed by atoms with van der Waals surface area (Å²) in [4.78, 5) is 11.8. The summed E-state index contributed by atoms with van der Waals surface area (Å²) in [5, 5.41) is 10.8. The summed E-state index contributed by atoms with van der Waals surface area (Å²) >= 11 is 0. The van der Waals surface area contributed by atoms with Gasteiger partial charge in [0, 0.05) is 23.7 Å². The van der Waals surface area contributed by atoms with Gasteiger partial charge in [0.25, 0.3) is 0 Å². The molecule has 0 amide bonds. The third-order valence-electron chi connectivity index (χ3n) is 3.02. The van der Waals surface area contributed by atoms with Crippen LogP contribution in [0.4, 0.5) is 5.69 Å². The van der Waals surface area contributed by atoms with Gasteiger partial charge in [-0.3, -0.25) is 0 Å². The topological polar surface area (TPSA) is 76.5 Å². The fourth-order valence-corrected chi connectivity index (χ4v) is 2.19. The SMILES string of the molecule is Nc1ccc2c3c(oc(=O)c2c1)C=C(O)CC3. The predicted molar refractivity (Wildman–Crippen MR) is 65.8 cm³/mol. The molecule has 86 valence electrons. The summed E-state index contributed by atoms with van der Waals surface area (Å²) < 4.78 is 5.19. The number of aliphatic hydroxyl groups excluding tert-OH is 1. The number of rotatable bonds is 0. The molecular formula is C13H11NO3. The van der Waals surface area contributed by atoms with Crippen molar-refractivity contribution in [3.8, 4) is 0 Å². The van der Waals surface area contributed by atoms with Crippen LogP contribution in [0.15, 0.2) is 33.2 Å². The van der Waals surface area contributed by atoms with E-state index in [0.717, 1.165) is 10.9 Å². The van der Waals surface area contributed by atoms with Gasteiger partial charge in [-0.15, -0.1) is 0 Å². The normalized spacial score (nSPS) is 14.5. The lowest BCUT2D eigenvalue weighted by Crippen LogP contribution is -2.08. The average molecular weight is 229 g/mol. The van der Waals surface area contributed by atoms with Crippen LogP contribution in [-0.2, 0) is 6.42 Å². The number of fused-ring (bicyclic) bond motifs is 3. The van der Waals surface area contributed by atoms with Gasteiger partial charge in [0.15, 0.2) is 0 Å². The van der Waals surface area contributed by atoms with Crippen LogP contribution in [0.25, 0.3) is 16.8 Å². The number of nitrogens with two attached hydrogens (primary N) is 1. The van der Waals surface area contributed by atoms with Crippen LogP contribution in [0.2, 0.25) is 0 Å². The predicted octanol–water partition coefficient (Wildman–Crippen LogP) is 2.22. The van der Waals surface area contributed by atoms with Crippen molar-refractivity contribution >= 4 is 22.5 Å². The van der Waals surface area contributed by atoms with Crippen molar-refractivity contribution in [3.63, 3.8) is 0 Å². The highest BCUT2D eigenvalue weighted by Crippen LogP contribution is 2.28. The van der Waals surface area contributed by atoms with Gasteiger partial charge in [-0.25, -0.2) is 4.79 Å². The molecular weight excluding hydrogens is 218 g/mol. The first-order valence-electron chi connectivity index (χ1n) is 5.40. The number of anilines is 1. The molecule has 0 atom stereocenters. The van der Waals surface area contributed by atoms with E-state index in [0.29, 0.717) is 29.7 Å². The Morgan fingerprint density at radius 1 is 1.24 bits per heavy atom. The Kier molecular flexibility index (Phi) is 1.98. The Morgan fingerprint density at radius 2 is 2.06 bits per heavy atom. The first kappa shape index (κ1) is 9.96. The van der Waals surface area contributed by atoms with Gasteiger partial charge in [0.1, 0.15) is 5.76 Å². The molecule has 0 fully saturated rings. The maximum Gasteiger partial charge on any atom is 0.344 e. The van der Waals surface area contributed by atoms with Crippen LogP contribution in [0, 0.1) is 0 Å². The van der Waals surface area contributed by atoms with Crippen LogP contribution >= 0.6 is 0 Å². The Balaban J connectivity index is 2.44. The first-order chi connectivity index (χ1) is 8.15. The summed E-state index contributed by atoms with van der Waals surface area (Å²) in [6.45, 7) is 0. The summed E-state index contributed by atoms with van der Waals surface area (Å²) in [5.41, 5.74) is 6.74. The lowest BCUT2D eigenvalue weighted by molar-refractivity contribution is 0.385. The van der Waals surface area contributed by atoms with E-state index in [9.17, 15) is 9.90 Å². The van der Waals surface area contributed by atoms with Gasteiger partial charge in [0.2, 0.25) is 0 Å². The molecule has 3 N–H and O–H groups in total. The Bertz CT molecular complexity index is 698. The number of hydrogen-bond donors (Lipinski definition) is 2. The molecule has 4 nitrogen and oxygen atoms in total. The molecule has 3 rings (SSSR count). The van der Waals surface area contributed by atoms with Crippen molar-refractivity contribution in [1.29, 1.82) is 0 Å². The van der Waals surface area contributed by atoms with Gasteiger partial charge in [-0.2, -0.15) is 0 Å². The Morgan fingerprint density at radius 3 is 2.88 bits per heavy atom. The van der Waals surface area contributed by atoms with Crippen LogP contribution in [0.3, 0.4) is 0 Å². The molecule has 1 aliphatic rings. The minimum atomic E-state index is -0.419. The summed E-state index contributed by atoms with van der Waals surface area (Å²) in [6.07, 6.45) is 2.75. The minimum Gasteiger partial charge on any atom is -0.512 e. The van der Waals surface area contributed by atoms with Crippen LogP contribution in [-0.4, -0.2) is 5.11 Å². The number of hydrogen-bond acceptors (Lipinski definition) is 4. The van der Waals surface area contributed by atoms with Crippen molar-refractivity contribution in [2.24, 2.45) is 0 Å². The quantitative estimate of drug-likeness (QED) is 0.679. The summed E-state index contributed by atoms with van der Waals surface area (Å²) in [7, 11) is 0. The third kappa shape index (κ3) is 1.49. The zero-order valence-electron chi connectivity index (χ0n) is 9.06. The molecule has 4 heteroatoms. The van der Waals surface area contributed by atoms with Crippen LogP contribution in [0.1, 0.15) is 17.7 Å². The van der Waals surface area contributed by atoms with E-state index in [1.165, 1.54) is 6.08 Å². The fraction of sp³-hybridized carbons (Fsp3) is 0.154. The zero-order valence-corrected chi connectivity index (χ0v) is 9.06. The van der Waals surface area contributed by atoms with Crippen molar-refractivity contribution < 1.29 is 9.52 Å². The highest BCUT2D eigenvalue weighted by Gasteiger charge is 2.17. The van der Waals surface area contributed by atoms with Gasteiger partial charge >= 0.3 is 5.63 Å². The number of allylic oxidation sites excluding steroid dienone is 1. The molecule has 0 radical (unpaired) electrons. The molecule has 17 heavy (non-hydrogen) atoms. The van der Waals surface area contributed by atoms with E-state index < -0.39 is 5.63 Å². The highest BCUT2D eigenvalue weighted by atomic mass is 16.4. The standard InChI is InChI=1S/C13H11NO3/c14-7-1-3-9-10-4-2-8(15)6-12(10)17-13(16)11(9)5-7/h1,3,5-6,15H,2,4,14H2. The van der Waals surface area contributed by atoms with Gasteiger partial charge < -0.3 is 15.3 Å². The molecule has 1 aromatic heterocycles. The van der Waals surface area contributed by atoms with E-state index in [-0.39, 0.29) is 5.76 Å². The molecule has 0 bridgehead atoms. The molecule has 0 saturated carbocycles. The van der Waals surface area contributed by atoms with Gasteiger partial charge in [-0.05, 0) is 23.9 Å². The minimum absolute atomic E-state index is 0.246. The number of nitrogen functional groups attached to an aromatic ring is 1. The maximum atomic E-state index is 11.8. The molecule has 0 aliphatic heterocycles. The monoisotopic (exact) mass is 229 g/mol. The highest BCUT2D eigenvalue weighted by molar-refractivity contribution is 5.89. The van der Waals surface area contributed by atoms with E-state index in [4.69, 9.17) is 10.2 Å². The second kappa shape index (κ2) is 3.38. The second-order valence-electron chi connectivity index (χ2n) is 4.17. The third-order valence-corrected chi connectivity index (χ3v) is 3.02.